The van der Waals surface area contributed by atoms with Crippen molar-refractivity contribution in [1.82, 2.24) is 0 Å². The summed E-state index contributed by atoms with van der Waals surface area (Å²) >= 11 is 0. The Morgan fingerprint density at radius 1 is 0.190 bits per heavy atom. The molecule has 0 aliphatic heterocycles. The molecule has 0 fully saturated rings. The van der Waals surface area contributed by atoms with Gasteiger partial charge in [-0.05, 0) is 110 Å². The van der Waals surface area contributed by atoms with E-state index in [2.05, 4.69) is 41.5 Å². The molecule has 0 heterocycles. The van der Waals surface area contributed by atoms with Crippen molar-refractivity contribution >= 4 is 53.9 Å². The summed E-state index contributed by atoms with van der Waals surface area (Å²) in [6.07, 6.45) is 57.2. The summed E-state index contributed by atoms with van der Waals surface area (Å²) in [5.41, 5.74) is 5.89. The average molecular weight is 1550 g/mol. The van der Waals surface area contributed by atoms with E-state index in [0.717, 1.165) is 110 Å². The molecule has 0 bridgehead atoms. The van der Waals surface area contributed by atoms with Gasteiger partial charge in [-0.2, -0.15) is 0 Å². The van der Waals surface area contributed by atoms with Crippen molar-refractivity contribution in [3.05, 3.63) is 179 Å². The second kappa shape index (κ2) is 57.5. The molecule has 0 atom stereocenters. The smallest absolute Gasteiger partial charge is 0.793 e. The predicted molar refractivity (Wildman–Crippen MR) is 429 cm³/mol. The standard InChI is InChI=1S/3C30H47O2P.Nd/c3*1-3-5-7-9-11-13-15-21-27-23-17-19-25-29(27)33(31,32)30-26-20-18-24-28(30)22-16-14-12-10-8-6-4-2;/h3*17-20,23-26H,3-16,21-22H2,1-2H3,(H,31,32);/q;;;+3/p-3. The van der Waals surface area contributed by atoms with E-state index in [-0.39, 0.29) is 40.8 Å². The Kier molecular flexibility index (Phi) is 52.6. The van der Waals surface area contributed by atoms with Crippen LogP contribution in [0.2, 0.25) is 0 Å². The Hall–Kier alpha value is -2.76. The van der Waals surface area contributed by atoms with Crippen LogP contribution in [0, 0.1) is 40.8 Å². The van der Waals surface area contributed by atoms with Crippen molar-refractivity contribution in [3.8, 4) is 0 Å². The quantitative estimate of drug-likeness (QED) is 0.0277. The first-order valence-corrected chi connectivity index (χ1v) is 45.6. The van der Waals surface area contributed by atoms with Gasteiger partial charge in [0.2, 0.25) is 0 Å². The summed E-state index contributed by atoms with van der Waals surface area (Å²) < 4.78 is 41.2. The van der Waals surface area contributed by atoms with Gasteiger partial charge >= 0.3 is 40.8 Å². The Labute approximate surface area is 646 Å². The third kappa shape index (κ3) is 36.0. The van der Waals surface area contributed by atoms with Crippen LogP contribution in [0.15, 0.2) is 146 Å². The van der Waals surface area contributed by atoms with Crippen molar-refractivity contribution in [2.45, 2.75) is 350 Å². The Balaban J connectivity index is 0.000000388. The van der Waals surface area contributed by atoms with Crippen molar-refractivity contribution in [2.75, 3.05) is 0 Å². The molecule has 0 spiro atoms. The molecule has 0 aliphatic carbocycles. The van der Waals surface area contributed by atoms with E-state index in [9.17, 15) is 28.4 Å². The first kappa shape index (κ1) is 91.5. The molecule has 553 valence electrons. The molecule has 0 saturated carbocycles. The van der Waals surface area contributed by atoms with Gasteiger partial charge in [-0.15, -0.1) is 0 Å². The minimum atomic E-state index is -3.86. The summed E-state index contributed by atoms with van der Waals surface area (Å²) in [4.78, 5) is 41.2. The summed E-state index contributed by atoms with van der Waals surface area (Å²) in [5, 5.41) is 3.18. The molecule has 100 heavy (non-hydrogen) atoms. The minimum absolute atomic E-state index is 0. The normalized spacial score (nSPS) is 11.6. The Morgan fingerprint density at radius 3 is 0.430 bits per heavy atom. The van der Waals surface area contributed by atoms with Crippen LogP contribution in [0.1, 0.15) is 345 Å². The summed E-state index contributed by atoms with van der Waals surface area (Å²) in [5.74, 6) is 0. The van der Waals surface area contributed by atoms with Crippen LogP contribution >= 0.6 is 22.1 Å². The fourth-order valence-electron chi connectivity index (χ4n) is 14.1. The first-order chi connectivity index (χ1) is 48.3. The van der Waals surface area contributed by atoms with Gasteiger partial charge in [-0.3, -0.25) is 0 Å². The molecule has 1 radical (unpaired) electrons. The number of hydrogen-bond acceptors (Lipinski definition) is 6. The van der Waals surface area contributed by atoms with Gasteiger partial charge in [0.25, 0.3) is 0 Å². The van der Waals surface area contributed by atoms with Gasteiger partial charge in [-0.1, -0.05) is 418 Å². The fraction of sp³-hybridized carbons (Fsp3) is 0.600. The molecular weight excluding hydrogens is 1410 g/mol. The van der Waals surface area contributed by atoms with E-state index in [1.807, 2.05) is 146 Å². The van der Waals surface area contributed by atoms with Crippen LogP contribution in [0.3, 0.4) is 0 Å². The number of hydrogen-bond donors (Lipinski definition) is 0. The summed E-state index contributed by atoms with van der Waals surface area (Å²) in [6, 6.07) is 46.0. The molecule has 6 nitrogen and oxygen atoms in total. The number of aryl methyl sites for hydroxylation is 6. The molecular formula is C90H138NdO6P3. The third-order valence-corrected chi connectivity index (χ3v) is 26.6. The zero-order valence-electron chi connectivity index (χ0n) is 64.1. The van der Waals surface area contributed by atoms with E-state index in [1.54, 1.807) is 0 Å². The largest absolute Gasteiger partial charge is 3.00 e. The second-order valence-corrected chi connectivity index (χ2v) is 34.9. The number of benzene rings is 6. The third-order valence-electron chi connectivity index (χ3n) is 20.2. The maximum absolute atomic E-state index is 13.7. The Morgan fingerprint density at radius 2 is 0.300 bits per heavy atom. The monoisotopic (exact) mass is 1550 g/mol. The van der Waals surface area contributed by atoms with Crippen LogP contribution in [0.5, 0.6) is 0 Å². The SMILES string of the molecule is CCCCCCCCCc1ccccc1P(=O)([O-])c1ccccc1CCCCCCCCC.CCCCCCCCCc1ccccc1P(=O)([O-])c1ccccc1CCCCCCCCC.CCCCCCCCCc1ccccc1P(=O)([O-])c1ccccc1CCCCCCCCC.[Nd+3]. The van der Waals surface area contributed by atoms with Gasteiger partial charge < -0.3 is 28.4 Å². The van der Waals surface area contributed by atoms with E-state index in [1.165, 1.54) is 231 Å². The molecule has 0 unspecified atom stereocenters. The van der Waals surface area contributed by atoms with Crippen LogP contribution < -0.4 is 46.5 Å². The fourth-order valence-corrected chi connectivity index (χ4v) is 19.9. The zero-order valence-corrected chi connectivity index (χ0v) is 70.0. The van der Waals surface area contributed by atoms with Crippen LogP contribution in [-0.2, 0) is 52.2 Å². The molecule has 0 saturated heterocycles. The van der Waals surface area contributed by atoms with Crippen LogP contribution in [0.25, 0.3) is 0 Å². The average Bonchev–Trinajstić information content (AvgIpc) is 0.799. The van der Waals surface area contributed by atoms with E-state index >= 15 is 0 Å². The van der Waals surface area contributed by atoms with Crippen LogP contribution in [-0.4, -0.2) is 0 Å². The van der Waals surface area contributed by atoms with Crippen LogP contribution in [0.4, 0.5) is 0 Å². The van der Waals surface area contributed by atoms with Crippen molar-refractivity contribution in [2.24, 2.45) is 0 Å². The molecule has 6 aromatic rings. The molecule has 0 amide bonds. The first-order valence-electron chi connectivity index (χ1n) is 40.8. The van der Waals surface area contributed by atoms with Gasteiger partial charge in [0.15, 0.2) is 0 Å². The van der Waals surface area contributed by atoms with Gasteiger partial charge in [0.1, 0.15) is 0 Å². The topological polar surface area (TPSA) is 120 Å². The van der Waals surface area contributed by atoms with Crippen molar-refractivity contribution in [1.29, 1.82) is 0 Å². The predicted octanol–water partition coefficient (Wildman–Crippen LogP) is 23.6. The molecule has 10 heteroatoms. The maximum Gasteiger partial charge on any atom is 3.00 e. The minimum Gasteiger partial charge on any atom is -0.793 e. The zero-order chi connectivity index (χ0) is 71.3. The number of rotatable bonds is 54. The summed E-state index contributed by atoms with van der Waals surface area (Å²) in [7, 11) is -11.6. The molecule has 0 aliphatic rings. The van der Waals surface area contributed by atoms with E-state index < -0.39 is 22.1 Å². The molecule has 0 aromatic heterocycles. The summed E-state index contributed by atoms with van der Waals surface area (Å²) in [6.45, 7) is 13.4. The number of unbranched alkanes of at least 4 members (excludes halogenated alkanes) is 36. The van der Waals surface area contributed by atoms with Gasteiger partial charge in [-0.25, -0.2) is 0 Å². The van der Waals surface area contributed by atoms with Gasteiger partial charge in [0.05, 0.1) is 22.1 Å². The Bertz CT molecular complexity index is 2630. The molecule has 6 aromatic carbocycles. The maximum atomic E-state index is 13.7. The van der Waals surface area contributed by atoms with Crippen molar-refractivity contribution in [3.63, 3.8) is 0 Å². The van der Waals surface area contributed by atoms with E-state index in [0.29, 0.717) is 31.8 Å². The van der Waals surface area contributed by atoms with Crippen molar-refractivity contribution < 1.29 is 69.2 Å². The van der Waals surface area contributed by atoms with E-state index in [4.69, 9.17) is 0 Å². The second-order valence-electron chi connectivity index (χ2n) is 28.7. The molecule has 0 N–H and O–H groups in total. The van der Waals surface area contributed by atoms with Gasteiger partial charge in [0, 0.05) is 31.8 Å². The molecule has 6 rings (SSSR count).